The fourth-order valence-electron chi connectivity index (χ4n) is 1.83. The first-order valence-electron chi connectivity index (χ1n) is 6.98. The van der Waals surface area contributed by atoms with E-state index in [0.29, 0.717) is 18.3 Å². The van der Waals surface area contributed by atoms with E-state index < -0.39 is 0 Å². The maximum Gasteiger partial charge on any atom is 0.238 e. The van der Waals surface area contributed by atoms with E-state index in [1.54, 1.807) is 12.4 Å². The molecule has 0 aliphatic rings. The van der Waals surface area contributed by atoms with Gasteiger partial charge in [-0.05, 0) is 30.2 Å². The van der Waals surface area contributed by atoms with Crippen LogP contribution in [0.15, 0.2) is 36.7 Å². The minimum Gasteiger partial charge on any atom is -0.437 e. The Bertz CT molecular complexity index is 555. The zero-order valence-electron chi connectivity index (χ0n) is 12.3. The molecule has 0 saturated heterocycles. The quantitative estimate of drug-likeness (QED) is 0.873. The smallest absolute Gasteiger partial charge is 0.238 e. The van der Waals surface area contributed by atoms with Crippen LogP contribution in [0.5, 0.6) is 11.6 Å². The molecule has 4 heteroatoms. The Balaban J connectivity index is 2.11. The average Bonchev–Trinajstić information content (AvgIpc) is 2.46. The molecule has 106 valence electrons. The average molecular weight is 271 g/mol. The summed E-state index contributed by atoms with van der Waals surface area (Å²) in [7, 11) is 0. The first-order valence-corrected chi connectivity index (χ1v) is 6.98. The van der Waals surface area contributed by atoms with Crippen molar-refractivity contribution in [1.29, 1.82) is 0 Å². The van der Waals surface area contributed by atoms with Crippen LogP contribution in [0, 0.1) is 0 Å². The van der Waals surface area contributed by atoms with Gasteiger partial charge >= 0.3 is 0 Å². The van der Waals surface area contributed by atoms with Crippen molar-refractivity contribution in [2.75, 3.05) is 6.54 Å². The normalized spacial score (nSPS) is 10.8. The summed E-state index contributed by atoms with van der Waals surface area (Å²) in [4.78, 5) is 8.60. The first kappa shape index (κ1) is 14.5. The van der Waals surface area contributed by atoms with Crippen LogP contribution in [0.4, 0.5) is 0 Å². The third kappa shape index (κ3) is 4.03. The van der Waals surface area contributed by atoms with Crippen molar-refractivity contribution < 1.29 is 4.74 Å². The van der Waals surface area contributed by atoms with Crippen molar-refractivity contribution in [3.05, 3.63) is 47.9 Å². The number of ether oxygens (including phenoxy) is 1. The van der Waals surface area contributed by atoms with Crippen molar-refractivity contribution in [2.45, 2.75) is 33.2 Å². The lowest BCUT2D eigenvalue weighted by atomic mass is 10.0. The number of hydrogen-bond donors (Lipinski definition) is 1. The molecule has 1 N–H and O–H groups in total. The monoisotopic (exact) mass is 271 g/mol. The summed E-state index contributed by atoms with van der Waals surface area (Å²) in [6.07, 6.45) is 3.39. The molecule has 0 atom stereocenters. The molecule has 0 amide bonds. The number of aromatic nitrogens is 2. The lowest BCUT2D eigenvalue weighted by molar-refractivity contribution is 0.455. The van der Waals surface area contributed by atoms with Gasteiger partial charge in [0.05, 0.1) is 11.9 Å². The lowest BCUT2D eigenvalue weighted by Crippen LogP contribution is -2.13. The van der Waals surface area contributed by atoms with Crippen LogP contribution >= 0.6 is 0 Å². The zero-order chi connectivity index (χ0) is 14.4. The van der Waals surface area contributed by atoms with Gasteiger partial charge in [-0.25, -0.2) is 4.98 Å². The van der Waals surface area contributed by atoms with E-state index in [1.807, 2.05) is 18.2 Å². The van der Waals surface area contributed by atoms with E-state index in [4.69, 9.17) is 4.74 Å². The van der Waals surface area contributed by atoms with Gasteiger partial charge in [-0.2, -0.15) is 0 Å². The highest BCUT2D eigenvalue weighted by molar-refractivity contribution is 5.32. The highest BCUT2D eigenvalue weighted by atomic mass is 16.5. The molecule has 4 nitrogen and oxygen atoms in total. The van der Waals surface area contributed by atoms with E-state index >= 15 is 0 Å². The summed E-state index contributed by atoms with van der Waals surface area (Å²) >= 11 is 0. The van der Waals surface area contributed by atoms with Gasteiger partial charge in [-0.15, -0.1) is 0 Å². The van der Waals surface area contributed by atoms with E-state index in [9.17, 15) is 0 Å². The summed E-state index contributed by atoms with van der Waals surface area (Å²) in [6.45, 7) is 7.99. The van der Waals surface area contributed by atoms with Gasteiger partial charge in [-0.3, -0.25) is 4.98 Å². The third-order valence-electron chi connectivity index (χ3n) is 2.97. The van der Waals surface area contributed by atoms with E-state index in [0.717, 1.165) is 18.0 Å². The van der Waals surface area contributed by atoms with Crippen molar-refractivity contribution in [3.8, 4) is 11.6 Å². The molecule has 0 aliphatic carbocycles. The second-order valence-electron chi connectivity index (χ2n) is 4.96. The van der Waals surface area contributed by atoms with Gasteiger partial charge in [0.1, 0.15) is 5.75 Å². The predicted octanol–water partition coefficient (Wildman–Crippen LogP) is 3.50. The Kier molecular flexibility index (Phi) is 5.07. The molecule has 2 aromatic rings. The second-order valence-corrected chi connectivity index (χ2v) is 4.96. The molecule has 0 fully saturated rings. The molecule has 20 heavy (non-hydrogen) atoms. The molecule has 0 unspecified atom stereocenters. The highest BCUT2D eigenvalue weighted by Crippen LogP contribution is 2.23. The molecule has 1 aromatic carbocycles. The minimum atomic E-state index is 0.477. The number of benzene rings is 1. The lowest BCUT2D eigenvalue weighted by Gasteiger charge is -2.09. The van der Waals surface area contributed by atoms with Crippen LogP contribution < -0.4 is 10.1 Å². The molecule has 0 aliphatic heterocycles. The van der Waals surface area contributed by atoms with Crippen LogP contribution in [0.2, 0.25) is 0 Å². The molecule has 0 bridgehead atoms. The topological polar surface area (TPSA) is 47.0 Å². The third-order valence-corrected chi connectivity index (χ3v) is 2.97. The van der Waals surface area contributed by atoms with E-state index in [2.05, 4.69) is 42.1 Å². The van der Waals surface area contributed by atoms with E-state index in [-0.39, 0.29) is 0 Å². The van der Waals surface area contributed by atoms with Gasteiger partial charge in [0.25, 0.3) is 0 Å². The molecule has 1 aromatic heterocycles. The fraction of sp³-hybridized carbons (Fsp3) is 0.375. The van der Waals surface area contributed by atoms with Crippen LogP contribution in [-0.2, 0) is 6.54 Å². The highest BCUT2D eigenvalue weighted by Gasteiger charge is 2.04. The molecular formula is C16H21N3O. The molecular weight excluding hydrogens is 250 g/mol. The van der Waals surface area contributed by atoms with Crippen molar-refractivity contribution in [1.82, 2.24) is 15.3 Å². The largest absolute Gasteiger partial charge is 0.437 e. The Morgan fingerprint density at radius 3 is 2.85 bits per heavy atom. The van der Waals surface area contributed by atoms with Crippen LogP contribution in [-0.4, -0.2) is 16.5 Å². The Morgan fingerprint density at radius 2 is 2.10 bits per heavy atom. The van der Waals surface area contributed by atoms with E-state index in [1.165, 1.54) is 5.56 Å². The minimum absolute atomic E-state index is 0.477. The summed E-state index contributed by atoms with van der Waals surface area (Å²) in [5.41, 5.74) is 2.13. The second kappa shape index (κ2) is 7.01. The predicted molar refractivity (Wildman–Crippen MR) is 80.0 cm³/mol. The fourth-order valence-corrected chi connectivity index (χ4v) is 1.83. The Labute approximate surface area is 120 Å². The summed E-state index contributed by atoms with van der Waals surface area (Å²) in [5.74, 6) is 1.80. The summed E-state index contributed by atoms with van der Waals surface area (Å²) < 4.78 is 5.79. The SMILES string of the molecule is CCNCc1cncc(Oc2cccc(C(C)C)c2)n1. The molecule has 1 heterocycles. The Hall–Kier alpha value is -1.94. The number of nitrogens with one attached hydrogen (secondary N) is 1. The van der Waals surface area contributed by atoms with Gasteiger partial charge < -0.3 is 10.1 Å². The van der Waals surface area contributed by atoms with Crippen molar-refractivity contribution in [2.24, 2.45) is 0 Å². The van der Waals surface area contributed by atoms with Gasteiger partial charge in [0.15, 0.2) is 0 Å². The number of hydrogen-bond acceptors (Lipinski definition) is 4. The van der Waals surface area contributed by atoms with Crippen LogP contribution in [0.3, 0.4) is 0 Å². The molecule has 0 radical (unpaired) electrons. The zero-order valence-corrected chi connectivity index (χ0v) is 12.3. The summed E-state index contributed by atoms with van der Waals surface area (Å²) in [6, 6.07) is 8.08. The van der Waals surface area contributed by atoms with Crippen molar-refractivity contribution >= 4 is 0 Å². The van der Waals surface area contributed by atoms with Gasteiger partial charge in [0.2, 0.25) is 5.88 Å². The molecule has 0 spiro atoms. The first-order chi connectivity index (χ1) is 9.69. The Morgan fingerprint density at radius 1 is 1.25 bits per heavy atom. The van der Waals surface area contributed by atoms with Gasteiger partial charge in [-0.1, -0.05) is 32.9 Å². The number of nitrogens with zero attached hydrogens (tertiary/aromatic N) is 2. The molecule has 2 rings (SSSR count). The maximum absolute atomic E-state index is 5.79. The van der Waals surface area contributed by atoms with Crippen molar-refractivity contribution in [3.63, 3.8) is 0 Å². The van der Waals surface area contributed by atoms with Gasteiger partial charge in [0, 0.05) is 12.7 Å². The van der Waals surface area contributed by atoms with Crippen LogP contribution in [0.1, 0.15) is 37.9 Å². The molecule has 0 saturated carbocycles. The standard InChI is InChI=1S/C16H21N3O/c1-4-17-9-14-10-18-11-16(19-14)20-15-7-5-6-13(8-15)12(2)3/h5-8,10-12,17H,4,9H2,1-3H3. The summed E-state index contributed by atoms with van der Waals surface area (Å²) in [5, 5.41) is 3.22. The van der Waals surface area contributed by atoms with Crippen LogP contribution in [0.25, 0.3) is 0 Å². The maximum atomic E-state index is 5.79. The number of rotatable bonds is 6.